The van der Waals surface area contributed by atoms with Gasteiger partial charge in [-0.15, -0.1) is 0 Å². The molecule has 2 aromatic heterocycles. The summed E-state index contributed by atoms with van der Waals surface area (Å²) in [4.78, 5) is 11.3. The molecule has 0 amide bonds. The lowest BCUT2D eigenvalue weighted by Gasteiger charge is -2.33. The van der Waals surface area contributed by atoms with Crippen molar-refractivity contribution in [3.63, 3.8) is 0 Å². The first-order chi connectivity index (χ1) is 13.2. The normalized spacial score (nSPS) is 17.7. The lowest BCUT2D eigenvalue weighted by molar-refractivity contribution is 0.484. The first kappa shape index (κ1) is 16.1. The van der Waals surface area contributed by atoms with E-state index in [9.17, 15) is 0 Å². The van der Waals surface area contributed by atoms with E-state index in [0.717, 1.165) is 47.2 Å². The van der Waals surface area contributed by atoms with Gasteiger partial charge in [-0.25, -0.2) is 0 Å². The number of hydrogen-bond acceptors (Lipinski definition) is 6. The number of nitrogens with zero attached hydrogens (tertiary/aromatic N) is 3. The number of anilines is 2. The highest BCUT2D eigenvalue weighted by atomic mass is 16.4. The first-order valence-electron chi connectivity index (χ1n) is 9.20. The van der Waals surface area contributed by atoms with E-state index in [-0.39, 0.29) is 6.01 Å². The van der Waals surface area contributed by atoms with Gasteiger partial charge in [-0.3, -0.25) is 4.98 Å². The topological polar surface area (TPSA) is 80.2 Å². The van der Waals surface area contributed by atoms with Crippen LogP contribution in [0.15, 0.2) is 53.1 Å². The molecule has 6 heteroatoms. The number of fused-ring (bicyclic) bond motifs is 2. The number of aromatic nitrogens is 2. The Morgan fingerprint density at radius 2 is 1.96 bits per heavy atom. The molecular formula is C21H21N5O. The summed E-state index contributed by atoms with van der Waals surface area (Å²) in [5.74, 6) is 0. The number of nitrogens with two attached hydrogens (primary N) is 1. The van der Waals surface area contributed by atoms with Crippen molar-refractivity contribution in [1.82, 2.24) is 15.3 Å². The van der Waals surface area contributed by atoms with E-state index in [4.69, 9.17) is 10.2 Å². The summed E-state index contributed by atoms with van der Waals surface area (Å²) in [6.45, 7) is 5.21. The Morgan fingerprint density at radius 3 is 2.85 bits per heavy atom. The summed E-state index contributed by atoms with van der Waals surface area (Å²) >= 11 is 0. The molecule has 3 heterocycles. The lowest BCUT2D eigenvalue weighted by atomic mass is 10.0. The van der Waals surface area contributed by atoms with E-state index in [2.05, 4.69) is 51.4 Å². The molecule has 1 aliphatic rings. The fourth-order valence-electron chi connectivity index (χ4n) is 3.76. The number of nitrogen functional groups attached to an aromatic ring is 1. The van der Waals surface area contributed by atoms with E-state index >= 15 is 0 Å². The molecule has 0 unspecified atom stereocenters. The molecule has 0 spiro atoms. The third-order valence-corrected chi connectivity index (χ3v) is 5.14. The van der Waals surface area contributed by atoms with Crippen LogP contribution < -0.4 is 16.0 Å². The molecule has 27 heavy (non-hydrogen) atoms. The fourth-order valence-corrected chi connectivity index (χ4v) is 3.76. The molecule has 0 aliphatic carbocycles. The Morgan fingerprint density at radius 1 is 1.11 bits per heavy atom. The Labute approximate surface area is 157 Å². The van der Waals surface area contributed by atoms with Crippen molar-refractivity contribution in [3.05, 3.63) is 48.7 Å². The van der Waals surface area contributed by atoms with Gasteiger partial charge in [0.1, 0.15) is 5.52 Å². The number of benzene rings is 2. The number of pyridine rings is 1. The largest absolute Gasteiger partial charge is 0.424 e. The fraction of sp³-hybridized carbons (Fsp3) is 0.238. The second-order valence-electron chi connectivity index (χ2n) is 7.14. The average Bonchev–Trinajstić information content (AvgIpc) is 3.06. The molecule has 5 rings (SSSR count). The average molecular weight is 359 g/mol. The van der Waals surface area contributed by atoms with E-state index in [1.165, 1.54) is 5.69 Å². The minimum atomic E-state index is 0.194. The summed E-state index contributed by atoms with van der Waals surface area (Å²) in [5.41, 5.74) is 11.5. The molecule has 4 aromatic rings. The lowest BCUT2D eigenvalue weighted by Crippen LogP contribution is -2.49. The van der Waals surface area contributed by atoms with Crippen molar-refractivity contribution < 1.29 is 4.42 Å². The minimum Gasteiger partial charge on any atom is -0.424 e. The van der Waals surface area contributed by atoms with Crippen LogP contribution >= 0.6 is 0 Å². The molecule has 0 saturated carbocycles. The van der Waals surface area contributed by atoms with Crippen LogP contribution in [0, 0.1) is 0 Å². The molecule has 136 valence electrons. The minimum absolute atomic E-state index is 0.194. The third-order valence-electron chi connectivity index (χ3n) is 5.14. The second kappa shape index (κ2) is 6.25. The van der Waals surface area contributed by atoms with Crippen molar-refractivity contribution >= 4 is 33.7 Å². The number of piperazine rings is 1. The van der Waals surface area contributed by atoms with Crippen molar-refractivity contribution in [2.75, 3.05) is 30.3 Å². The number of hydrogen-bond donors (Lipinski definition) is 2. The highest BCUT2D eigenvalue weighted by Gasteiger charge is 2.16. The predicted molar refractivity (Wildman–Crippen MR) is 109 cm³/mol. The zero-order valence-electron chi connectivity index (χ0n) is 15.1. The Balaban J connectivity index is 1.54. The monoisotopic (exact) mass is 359 g/mol. The van der Waals surface area contributed by atoms with Gasteiger partial charge in [0, 0.05) is 31.1 Å². The van der Waals surface area contributed by atoms with Crippen LogP contribution in [0.2, 0.25) is 0 Å². The van der Waals surface area contributed by atoms with Crippen molar-refractivity contribution in [2.24, 2.45) is 0 Å². The molecule has 1 fully saturated rings. The van der Waals surface area contributed by atoms with E-state index in [1.54, 1.807) is 0 Å². The van der Waals surface area contributed by atoms with Gasteiger partial charge in [-0.2, -0.15) is 4.98 Å². The first-order valence-corrected chi connectivity index (χ1v) is 9.20. The van der Waals surface area contributed by atoms with Crippen molar-refractivity contribution in [2.45, 2.75) is 13.0 Å². The molecular weight excluding hydrogens is 338 g/mol. The van der Waals surface area contributed by atoms with Gasteiger partial charge in [0.25, 0.3) is 6.01 Å². The van der Waals surface area contributed by atoms with Crippen LogP contribution in [0.25, 0.3) is 33.1 Å². The molecule has 1 atom stereocenters. The standard InChI is InChI=1S/C21H21N5O/c1-13-12-26(7-6-23-13)17-9-16-8-14(2-4-18(16)24-11-17)15-3-5-20-19(10-15)25-21(22)27-20/h2-5,8-11,13,23H,6-7,12H2,1H3,(H2,22,25)/t13-/m0/s1. The number of nitrogens with one attached hydrogen (secondary N) is 1. The van der Waals surface area contributed by atoms with Crippen LogP contribution in [0.4, 0.5) is 11.7 Å². The molecule has 0 bridgehead atoms. The van der Waals surface area contributed by atoms with Gasteiger partial charge in [-0.05, 0) is 48.4 Å². The molecule has 1 saturated heterocycles. The van der Waals surface area contributed by atoms with Gasteiger partial charge < -0.3 is 20.4 Å². The van der Waals surface area contributed by atoms with Crippen LogP contribution in [0.3, 0.4) is 0 Å². The van der Waals surface area contributed by atoms with Gasteiger partial charge >= 0.3 is 0 Å². The maximum atomic E-state index is 5.66. The summed E-state index contributed by atoms with van der Waals surface area (Å²) in [7, 11) is 0. The zero-order valence-corrected chi connectivity index (χ0v) is 15.1. The van der Waals surface area contributed by atoms with Crippen LogP contribution in [0.5, 0.6) is 0 Å². The smallest absolute Gasteiger partial charge is 0.292 e. The Bertz CT molecular complexity index is 1140. The molecule has 2 aromatic carbocycles. The molecule has 3 N–H and O–H groups in total. The molecule has 0 radical (unpaired) electrons. The number of rotatable bonds is 2. The summed E-state index contributed by atoms with van der Waals surface area (Å²) in [6, 6.07) is 15.2. The zero-order chi connectivity index (χ0) is 18.4. The highest BCUT2D eigenvalue weighted by Crippen LogP contribution is 2.29. The van der Waals surface area contributed by atoms with E-state index in [1.807, 2.05) is 24.4 Å². The maximum Gasteiger partial charge on any atom is 0.292 e. The Hall–Kier alpha value is -3.12. The van der Waals surface area contributed by atoms with Gasteiger partial charge in [0.15, 0.2) is 5.58 Å². The van der Waals surface area contributed by atoms with Gasteiger partial charge in [-0.1, -0.05) is 12.1 Å². The van der Waals surface area contributed by atoms with Crippen LogP contribution in [-0.2, 0) is 0 Å². The SMILES string of the molecule is C[C@H]1CN(c2cnc3ccc(-c4ccc5oc(N)nc5c4)cc3c2)CCN1. The third kappa shape index (κ3) is 2.98. The van der Waals surface area contributed by atoms with E-state index < -0.39 is 0 Å². The second-order valence-corrected chi connectivity index (χ2v) is 7.14. The molecule has 1 aliphatic heterocycles. The summed E-state index contributed by atoms with van der Waals surface area (Å²) in [5, 5.41) is 4.62. The quantitative estimate of drug-likeness (QED) is 0.571. The van der Waals surface area contributed by atoms with Crippen LogP contribution in [0.1, 0.15) is 6.92 Å². The molecule has 6 nitrogen and oxygen atoms in total. The van der Waals surface area contributed by atoms with E-state index in [0.29, 0.717) is 11.6 Å². The van der Waals surface area contributed by atoms with Crippen LogP contribution in [-0.4, -0.2) is 35.6 Å². The Kier molecular flexibility index (Phi) is 3.72. The van der Waals surface area contributed by atoms with Crippen molar-refractivity contribution in [3.8, 4) is 11.1 Å². The highest BCUT2D eigenvalue weighted by molar-refractivity contribution is 5.89. The predicted octanol–water partition coefficient (Wildman–Crippen LogP) is 3.42. The van der Waals surface area contributed by atoms with Gasteiger partial charge in [0.05, 0.1) is 17.4 Å². The van der Waals surface area contributed by atoms with Crippen molar-refractivity contribution in [1.29, 1.82) is 0 Å². The number of oxazole rings is 1. The van der Waals surface area contributed by atoms with Gasteiger partial charge in [0.2, 0.25) is 0 Å². The maximum absolute atomic E-state index is 5.66. The summed E-state index contributed by atoms with van der Waals surface area (Å²) in [6.07, 6.45) is 1.98. The summed E-state index contributed by atoms with van der Waals surface area (Å²) < 4.78 is 5.37.